The number of aryl methyl sites for hydroxylation is 1. The lowest BCUT2D eigenvalue weighted by Crippen LogP contribution is -2.27. The van der Waals surface area contributed by atoms with Gasteiger partial charge in [-0.15, -0.1) is 0 Å². The van der Waals surface area contributed by atoms with Crippen LogP contribution in [0.5, 0.6) is 0 Å². The molecule has 1 N–H and O–H groups in total. The first-order valence-electron chi connectivity index (χ1n) is 6.14. The van der Waals surface area contributed by atoms with Crippen LogP contribution in [0.3, 0.4) is 0 Å². The van der Waals surface area contributed by atoms with Crippen molar-refractivity contribution in [1.29, 1.82) is 0 Å². The van der Waals surface area contributed by atoms with Crippen molar-refractivity contribution in [2.75, 3.05) is 7.05 Å². The van der Waals surface area contributed by atoms with E-state index in [9.17, 15) is 4.39 Å². The van der Waals surface area contributed by atoms with Gasteiger partial charge in [0, 0.05) is 6.04 Å². The maximum absolute atomic E-state index is 13.0. The van der Waals surface area contributed by atoms with Gasteiger partial charge in [0.05, 0.1) is 5.02 Å². The Hall–Kier alpha value is -0.600. The van der Waals surface area contributed by atoms with E-state index >= 15 is 0 Å². The Bertz CT molecular complexity index is 352. The third-order valence-electron chi connectivity index (χ3n) is 2.93. The molecule has 0 aliphatic heterocycles. The number of rotatable bonds is 6. The van der Waals surface area contributed by atoms with Gasteiger partial charge in [-0.05, 0) is 49.9 Å². The maximum atomic E-state index is 13.0. The topological polar surface area (TPSA) is 12.0 Å². The molecule has 96 valence electrons. The highest BCUT2D eigenvalue weighted by molar-refractivity contribution is 6.30. The van der Waals surface area contributed by atoms with Gasteiger partial charge in [0.25, 0.3) is 0 Å². The van der Waals surface area contributed by atoms with Crippen molar-refractivity contribution in [3.8, 4) is 0 Å². The zero-order valence-corrected chi connectivity index (χ0v) is 11.5. The summed E-state index contributed by atoms with van der Waals surface area (Å²) >= 11 is 5.76. The predicted octanol–water partition coefficient (Wildman–Crippen LogP) is 4.05. The van der Waals surface area contributed by atoms with Gasteiger partial charge in [0.15, 0.2) is 0 Å². The largest absolute Gasteiger partial charge is 0.317 e. The van der Waals surface area contributed by atoms with Crippen LogP contribution in [0.4, 0.5) is 4.39 Å². The Balaban J connectivity index is 2.50. The average molecular weight is 258 g/mol. The molecule has 0 fully saturated rings. The predicted molar refractivity (Wildman–Crippen MR) is 72.0 cm³/mol. The lowest BCUT2D eigenvalue weighted by Gasteiger charge is -2.18. The molecule has 0 aliphatic carbocycles. The molecular formula is C14H21ClFN. The fourth-order valence-electron chi connectivity index (χ4n) is 1.99. The van der Waals surface area contributed by atoms with E-state index in [1.807, 2.05) is 13.1 Å². The minimum absolute atomic E-state index is 0.215. The average Bonchev–Trinajstić information content (AvgIpc) is 2.28. The van der Waals surface area contributed by atoms with Gasteiger partial charge >= 0.3 is 0 Å². The molecule has 0 radical (unpaired) electrons. The Labute approximate surface area is 108 Å². The van der Waals surface area contributed by atoms with Crippen LogP contribution < -0.4 is 5.32 Å². The number of benzene rings is 1. The van der Waals surface area contributed by atoms with Crippen molar-refractivity contribution >= 4 is 11.6 Å². The van der Waals surface area contributed by atoms with Gasteiger partial charge in [-0.25, -0.2) is 4.39 Å². The summed E-state index contributed by atoms with van der Waals surface area (Å²) in [6.45, 7) is 4.44. The van der Waals surface area contributed by atoms with E-state index in [0.717, 1.165) is 24.8 Å². The van der Waals surface area contributed by atoms with Gasteiger partial charge in [-0.2, -0.15) is 0 Å². The van der Waals surface area contributed by atoms with Crippen LogP contribution in [0.15, 0.2) is 18.2 Å². The molecule has 0 saturated heterocycles. The van der Waals surface area contributed by atoms with Gasteiger partial charge in [0.1, 0.15) is 5.82 Å². The molecule has 0 saturated carbocycles. The quantitative estimate of drug-likeness (QED) is 0.811. The first-order chi connectivity index (χ1) is 8.02. The molecule has 1 aromatic rings. The van der Waals surface area contributed by atoms with E-state index in [-0.39, 0.29) is 10.8 Å². The van der Waals surface area contributed by atoms with E-state index in [2.05, 4.69) is 19.2 Å². The number of hydrogen-bond acceptors (Lipinski definition) is 1. The van der Waals surface area contributed by atoms with E-state index in [1.165, 1.54) is 6.07 Å². The van der Waals surface area contributed by atoms with Gasteiger partial charge in [-0.3, -0.25) is 0 Å². The van der Waals surface area contributed by atoms with Crippen molar-refractivity contribution in [1.82, 2.24) is 5.32 Å². The number of hydrogen-bond donors (Lipinski definition) is 1. The van der Waals surface area contributed by atoms with Crippen LogP contribution in [-0.2, 0) is 6.42 Å². The Kier molecular flexibility index (Phi) is 5.93. The Morgan fingerprint density at radius 1 is 1.35 bits per heavy atom. The second kappa shape index (κ2) is 6.97. The van der Waals surface area contributed by atoms with Crippen molar-refractivity contribution in [2.24, 2.45) is 5.92 Å². The van der Waals surface area contributed by atoms with E-state index < -0.39 is 0 Å². The summed E-state index contributed by atoms with van der Waals surface area (Å²) in [5.41, 5.74) is 1.10. The van der Waals surface area contributed by atoms with E-state index in [4.69, 9.17) is 11.6 Å². The van der Waals surface area contributed by atoms with E-state index in [1.54, 1.807) is 6.07 Å². The minimum Gasteiger partial charge on any atom is -0.317 e. The van der Waals surface area contributed by atoms with E-state index in [0.29, 0.717) is 12.0 Å². The lowest BCUT2D eigenvalue weighted by atomic mass is 9.97. The lowest BCUT2D eigenvalue weighted by molar-refractivity contribution is 0.422. The van der Waals surface area contributed by atoms with Crippen LogP contribution in [0.1, 0.15) is 32.3 Å². The molecule has 0 bridgehead atoms. The smallest absolute Gasteiger partial charge is 0.141 e. The Morgan fingerprint density at radius 2 is 2.06 bits per heavy atom. The van der Waals surface area contributed by atoms with Gasteiger partial charge < -0.3 is 5.32 Å². The maximum Gasteiger partial charge on any atom is 0.141 e. The molecule has 1 rings (SSSR count). The molecule has 17 heavy (non-hydrogen) atoms. The van der Waals surface area contributed by atoms with Crippen molar-refractivity contribution in [3.05, 3.63) is 34.6 Å². The van der Waals surface area contributed by atoms with Crippen LogP contribution in [-0.4, -0.2) is 13.1 Å². The van der Waals surface area contributed by atoms with Gasteiger partial charge in [-0.1, -0.05) is 31.5 Å². The summed E-state index contributed by atoms with van der Waals surface area (Å²) in [6.07, 6.45) is 3.14. The zero-order valence-electron chi connectivity index (χ0n) is 10.8. The summed E-state index contributed by atoms with van der Waals surface area (Å²) < 4.78 is 13.0. The zero-order chi connectivity index (χ0) is 12.8. The molecule has 0 aromatic heterocycles. The van der Waals surface area contributed by atoms with Crippen LogP contribution in [0, 0.1) is 11.7 Å². The third kappa shape index (κ3) is 5.05. The molecule has 1 nitrogen and oxygen atoms in total. The molecule has 3 heteroatoms. The molecule has 1 atom stereocenters. The molecule has 0 amide bonds. The highest BCUT2D eigenvalue weighted by atomic mass is 35.5. The molecular weight excluding hydrogens is 237 g/mol. The first kappa shape index (κ1) is 14.5. The van der Waals surface area contributed by atoms with Crippen molar-refractivity contribution in [3.63, 3.8) is 0 Å². The highest BCUT2D eigenvalue weighted by Crippen LogP contribution is 2.18. The number of nitrogens with one attached hydrogen (secondary N) is 1. The second-order valence-corrected chi connectivity index (χ2v) is 5.31. The van der Waals surface area contributed by atoms with Crippen molar-refractivity contribution in [2.45, 2.75) is 39.2 Å². The molecule has 1 unspecified atom stereocenters. The molecule has 0 heterocycles. The fourth-order valence-corrected chi connectivity index (χ4v) is 2.19. The summed E-state index contributed by atoms with van der Waals surface area (Å²) in [7, 11) is 1.99. The summed E-state index contributed by atoms with van der Waals surface area (Å²) in [4.78, 5) is 0. The SMILES string of the molecule is CNC(CCc1ccc(F)c(Cl)c1)CC(C)C. The summed E-state index contributed by atoms with van der Waals surface area (Å²) in [5.74, 6) is 0.340. The third-order valence-corrected chi connectivity index (χ3v) is 3.22. The fraction of sp³-hybridized carbons (Fsp3) is 0.571. The number of halogens is 2. The molecule has 0 aliphatic rings. The first-order valence-corrected chi connectivity index (χ1v) is 6.52. The summed E-state index contributed by atoms with van der Waals surface area (Å²) in [6, 6.07) is 5.48. The normalized spacial score (nSPS) is 13.1. The van der Waals surface area contributed by atoms with Gasteiger partial charge in [0.2, 0.25) is 0 Å². The van der Waals surface area contributed by atoms with Crippen molar-refractivity contribution < 1.29 is 4.39 Å². The molecule has 0 spiro atoms. The minimum atomic E-state index is -0.345. The summed E-state index contributed by atoms with van der Waals surface area (Å²) in [5, 5.41) is 3.54. The monoisotopic (exact) mass is 257 g/mol. The van der Waals surface area contributed by atoms with Crippen LogP contribution >= 0.6 is 11.6 Å². The second-order valence-electron chi connectivity index (χ2n) is 4.90. The highest BCUT2D eigenvalue weighted by Gasteiger charge is 2.09. The van der Waals surface area contributed by atoms with Crippen LogP contribution in [0.25, 0.3) is 0 Å². The van der Waals surface area contributed by atoms with Crippen LogP contribution in [0.2, 0.25) is 5.02 Å². The standard InChI is InChI=1S/C14H21ClFN/c1-10(2)8-12(17-3)6-4-11-5-7-14(16)13(15)9-11/h5,7,9-10,12,17H,4,6,8H2,1-3H3. The molecule has 1 aromatic carbocycles. The Morgan fingerprint density at radius 3 is 2.59 bits per heavy atom.